The molecular weight excluding hydrogens is 335 g/mol. The summed E-state index contributed by atoms with van der Waals surface area (Å²) in [5, 5.41) is 16.3. The Bertz CT molecular complexity index is 862. The number of carboxylic acid groups (broad SMARTS) is 1. The quantitative estimate of drug-likeness (QED) is 0.828. The van der Waals surface area contributed by atoms with Crippen molar-refractivity contribution in [3.8, 4) is 0 Å². The molecule has 1 amide bonds. The molecule has 3 rings (SSSR count). The first kappa shape index (κ1) is 17.8. The summed E-state index contributed by atoms with van der Waals surface area (Å²) in [6.07, 6.45) is -0.270. The van der Waals surface area contributed by atoms with Crippen molar-refractivity contribution in [2.75, 3.05) is 0 Å². The molecule has 6 heteroatoms. The summed E-state index contributed by atoms with van der Waals surface area (Å²) < 4.78 is 14.3. The topological polar surface area (TPSA) is 72.8 Å². The molecule has 0 bridgehead atoms. The van der Waals surface area contributed by atoms with Crippen molar-refractivity contribution in [3.05, 3.63) is 71.0 Å². The number of benzene rings is 2. The van der Waals surface area contributed by atoms with Crippen LogP contribution in [-0.4, -0.2) is 22.6 Å². The zero-order valence-electron chi connectivity index (χ0n) is 14.3. The number of carbonyl (C=O) groups is 2. The molecule has 134 valence electrons. The largest absolute Gasteiger partial charge is 0.550 e. The van der Waals surface area contributed by atoms with Crippen molar-refractivity contribution in [1.29, 1.82) is 0 Å². The molecule has 0 fully saturated rings. The third-order valence-corrected chi connectivity index (χ3v) is 4.36. The Labute approximate surface area is 150 Å². The van der Waals surface area contributed by atoms with Gasteiger partial charge in [-0.25, -0.2) is 9.40 Å². The number of amides is 1. The number of hydrogen-bond acceptors (Lipinski definition) is 4. The van der Waals surface area contributed by atoms with Crippen LogP contribution in [0.2, 0.25) is 0 Å². The first-order valence-electron chi connectivity index (χ1n) is 8.36. The fraction of sp³-hybridized carbons (Fsp3) is 0.250. The van der Waals surface area contributed by atoms with Crippen LogP contribution in [0.3, 0.4) is 0 Å². The molecule has 26 heavy (non-hydrogen) atoms. The van der Waals surface area contributed by atoms with Gasteiger partial charge < -0.3 is 9.90 Å². The molecule has 2 aromatic carbocycles. The number of rotatable bonds is 5. The van der Waals surface area contributed by atoms with E-state index in [4.69, 9.17) is 0 Å². The van der Waals surface area contributed by atoms with Crippen LogP contribution in [0.5, 0.6) is 0 Å². The Balaban J connectivity index is 1.93. The van der Waals surface area contributed by atoms with Crippen LogP contribution in [0, 0.1) is 12.7 Å². The minimum atomic E-state index is -1.30. The van der Waals surface area contributed by atoms with Crippen LogP contribution in [0.15, 0.2) is 53.6 Å². The number of aliphatic carboxylic acids is 1. The van der Waals surface area contributed by atoms with E-state index in [-0.39, 0.29) is 6.42 Å². The van der Waals surface area contributed by atoms with Gasteiger partial charge in [-0.3, -0.25) is 4.79 Å². The number of carbonyl (C=O) groups excluding carboxylic acids is 2. The van der Waals surface area contributed by atoms with E-state index < -0.39 is 30.2 Å². The monoisotopic (exact) mass is 353 g/mol. The fourth-order valence-electron chi connectivity index (χ4n) is 2.97. The molecule has 0 unspecified atom stereocenters. The molecule has 1 aliphatic rings. The average molecular weight is 353 g/mol. The second-order valence-electron chi connectivity index (χ2n) is 6.26. The highest BCUT2D eigenvalue weighted by atomic mass is 19.1. The lowest BCUT2D eigenvalue weighted by molar-refractivity contribution is -0.305. The lowest BCUT2D eigenvalue weighted by atomic mass is 9.97. The number of halogens is 1. The van der Waals surface area contributed by atoms with E-state index in [2.05, 4.69) is 5.10 Å². The highest BCUT2D eigenvalue weighted by molar-refractivity contribution is 6.03. The third-order valence-electron chi connectivity index (χ3n) is 4.36. The van der Waals surface area contributed by atoms with E-state index in [9.17, 15) is 19.1 Å². The highest BCUT2D eigenvalue weighted by Crippen LogP contribution is 2.34. The highest BCUT2D eigenvalue weighted by Gasteiger charge is 2.34. The molecule has 0 aromatic heterocycles. The summed E-state index contributed by atoms with van der Waals surface area (Å²) in [6, 6.07) is 13.3. The molecule has 0 aliphatic carbocycles. The van der Waals surface area contributed by atoms with E-state index in [1.165, 1.54) is 11.1 Å². The SMILES string of the molecule is Cc1ccc(C2=NN(C(=O)CCC(=O)[O-])[C@@H](c3ccccc3F)C2)cc1. The van der Waals surface area contributed by atoms with Gasteiger partial charge in [0, 0.05) is 24.4 Å². The molecule has 1 heterocycles. The summed E-state index contributed by atoms with van der Waals surface area (Å²) in [5.41, 5.74) is 2.98. The van der Waals surface area contributed by atoms with E-state index >= 15 is 0 Å². The maximum atomic E-state index is 14.3. The summed E-state index contributed by atoms with van der Waals surface area (Å²) in [5.74, 6) is -2.19. The maximum absolute atomic E-state index is 14.3. The van der Waals surface area contributed by atoms with Gasteiger partial charge in [-0.05, 0) is 25.0 Å². The zero-order valence-corrected chi connectivity index (χ0v) is 14.3. The Morgan fingerprint density at radius 2 is 1.85 bits per heavy atom. The molecule has 0 saturated heterocycles. The minimum absolute atomic E-state index is 0.238. The maximum Gasteiger partial charge on any atom is 0.243 e. The van der Waals surface area contributed by atoms with Gasteiger partial charge in [0.2, 0.25) is 5.91 Å². The standard InChI is InChI=1S/C20H19FN2O3/c1-13-6-8-14(9-7-13)17-12-18(15-4-2-3-5-16(15)21)23(22-17)19(24)10-11-20(25)26/h2-9,18H,10-12H2,1H3,(H,25,26)/p-1/t18-/m1/s1. The molecule has 0 spiro atoms. The van der Waals surface area contributed by atoms with E-state index in [1.54, 1.807) is 18.2 Å². The normalized spacial score (nSPS) is 16.5. The van der Waals surface area contributed by atoms with Gasteiger partial charge in [-0.1, -0.05) is 48.0 Å². The van der Waals surface area contributed by atoms with Crippen molar-refractivity contribution < 1.29 is 19.1 Å². The second kappa shape index (κ2) is 7.47. The van der Waals surface area contributed by atoms with Crippen molar-refractivity contribution in [2.45, 2.75) is 32.2 Å². The van der Waals surface area contributed by atoms with Gasteiger partial charge in [-0.15, -0.1) is 0 Å². The molecule has 1 aliphatic heterocycles. The minimum Gasteiger partial charge on any atom is -0.550 e. The Morgan fingerprint density at radius 1 is 1.15 bits per heavy atom. The van der Waals surface area contributed by atoms with Gasteiger partial charge >= 0.3 is 0 Å². The molecular formula is C20H18FN2O3-. The van der Waals surface area contributed by atoms with Gasteiger partial charge in [-0.2, -0.15) is 5.10 Å². The Hall–Kier alpha value is -3.02. The van der Waals surface area contributed by atoms with Crippen LogP contribution in [0.4, 0.5) is 4.39 Å². The van der Waals surface area contributed by atoms with E-state index in [0.29, 0.717) is 17.7 Å². The van der Waals surface area contributed by atoms with Crippen molar-refractivity contribution in [3.63, 3.8) is 0 Å². The van der Waals surface area contributed by atoms with Crippen LogP contribution in [0.25, 0.3) is 0 Å². The van der Waals surface area contributed by atoms with Crippen LogP contribution in [0.1, 0.15) is 42.0 Å². The van der Waals surface area contributed by atoms with Gasteiger partial charge in [0.25, 0.3) is 0 Å². The number of carboxylic acids is 1. The summed E-state index contributed by atoms with van der Waals surface area (Å²) in [4.78, 5) is 23.1. The Morgan fingerprint density at radius 3 is 2.50 bits per heavy atom. The van der Waals surface area contributed by atoms with Gasteiger partial charge in [0.15, 0.2) is 0 Å². The molecule has 0 radical (unpaired) electrons. The Kier molecular flexibility index (Phi) is 5.11. The van der Waals surface area contributed by atoms with Crippen molar-refractivity contribution in [1.82, 2.24) is 5.01 Å². The molecule has 0 saturated carbocycles. The lowest BCUT2D eigenvalue weighted by Crippen LogP contribution is -2.30. The molecule has 5 nitrogen and oxygen atoms in total. The summed E-state index contributed by atoms with van der Waals surface area (Å²) in [7, 11) is 0. The predicted octanol–water partition coefficient (Wildman–Crippen LogP) is 2.34. The van der Waals surface area contributed by atoms with Crippen LogP contribution < -0.4 is 5.11 Å². The number of hydrazone groups is 1. The molecule has 1 atom stereocenters. The third kappa shape index (κ3) is 3.79. The first-order valence-corrected chi connectivity index (χ1v) is 8.36. The van der Waals surface area contributed by atoms with Gasteiger partial charge in [0.1, 0.15) is 5.82 Å². The summed E-state index contributed by atoms with van der Waals surface area (Å²) >= 11 is 0. The van der Waals surface area contributed by atoms with Crippen molar-refractivity contribution >= 4 is 17.6 Å². The fourth-order valence-corrected chi connectivity index (χ4v) is 2.97. The molecule has 0 N–H and O–H groups in total. The number of hydrogen-bond donors (Lipinski definition) is 0. The lowest BCUT2D eigenvalue weighted by Gasteiger charge is -2.22. The number of nitrogens with zero attached hydrogens (tertiary/aromatic N) is 2. The smallest absolute Gasteiger partial charge is 0.243 e. The predicted molar refractivity (Wildman–Crippen MR) is 92.6 cm³/mol. The van der Waals surface area contributed by atoms with Crippen LogP contribution >= 0.6 is 0 Å². The van der Waals surface area contributed by atoms with Crippen LogP contribution in [-0.2, 0) is 9.59 Å². The zero-order chi connectivity index (χ0) is 18.7. The average Bonchev–Trinajstić information content (AvgIpc) is 3.06. The van der Waals surface area contributed by atoms with E-state index in [1.807, 2.05) is 31.2 Å². The second-order valence-corrected chi connectivity index (χ2v) is 6.26. The first-order chi connectivity index (χ1) is 12.5. The number of aryl methyl sites for hydroxylation is 1. The summed E-state index contributed by atoms with van der Waals surface area (Å²) in [6.45, 7) is 1.97. The van der Waals surface area contributed by atoms with Crippen molar-refractivity contribution in [2.24, 2.45) is 5.10 Å². The van der Waals surface area contributed by atoms with E-state index in [0.717, 1.165) is 11.1 Å². The van der Waals surface area contributed by atoms with Gasteiger partial charge in [0.05, 0.1) is 11.8 Å². The molecule has 2 aromatic rings.